The fourth-order valence-electron chi connectivity index (χ4n) is 3.87. The fraction of sp³-hybridized carbons (Fsp3) is 0.207. The standard InChI is InChI=1S/C29H29N5OS2/c1-29(2,19-35)34-26-24-25(31-27(33-26)36-18-20-12-6-3-7-13-20)32-28(37-24)30-23(21-14-8-4-9-15-21)22-16-10-5-11-17-22/h3-17,23,35H,18-19H2,1-2H3,(H2,30,31,32,33,34). The SMILES string of the molecule is CC(C)(CO)Nc1nc(SCc2ccccc2)nc2nc(NC(c3ccccc3)c3ccccc3)sc12. The van der Waals surface area contributed by atoms with E-state index < -0.39 is 5.54 Å². The van der Waals surface area contributed by atoms with Crippen LogP contribution in [0.3, 0.4) is 0 Å². The van der Waals surface area contributed by atoms with Gasteiger partial charge in [-0.05, 0) is 30.5 Å². The zero-order valence-corrected chi connectivity index (χ0v) is 22.4. The molecule has 5 rings (SSSR count). The lowest BCUT2D eigenvalue weighted by Crippen LogP contribution is -2.35. The van der Waals surface area contributed by atoms with Gasteiger partial charge in [0.25, 0.3) is 0 Å². The Kier molecular flexibility index (Phi) is 7.69. The minimum absolute atomic E-state index is 0.0288. The molecular formula is C29H29N5OS2. The number of hydrogen-bond donors (Lipinski definition) is 3. The van der Waals surface area contributed by atoms with Gasteiger partial charge in [-0.1, -0.05) is 114 Å². The Labute approximate surface area is 225 Å². The van der Waals surface area contributed by atoms with Crippen LogP contribution in [0.5, 0.6) is 0 Å². The molecule has 0 saturated carbocycles. The van der Waals surface area contributed by atoms with Crippen molar-refractivity contribution in [3.05, 3.63) is 108 Å². The smallest absolute Gasteiger partial charge is 0.191 e. The summed E-state index contributed by atoms with van der Waals surface area (Å²) in [4.78, 5) is 14.5. The maximum Gasteiger partial charge on any atom is 0.191 e. The number of anilines is 2. The average molecular weight is 528 g/mol. The summed E-state index contributed by atoms with van der Waals surface area (Å²) in [6, 6.07) is 30.9. The highest BCUT2D eigenvalue weighted by atomic mass is 32.2. The van der Waals surface area contributed by atoms with Crippen LogP contribution in [0, 0.1) is 0 Å². The lowest BCUT2D eigenvalue weighted by molar-refractivity contribution is 0.234. The van der Waals surface area contributed by atoms with Gasteiger partial charge in [0.2, 0.25) is 0 Å². The summed E-state index contributed by atoms with van der Waals surface area (Å²) in [6.07, 6.45) is 0. The van der Waals surface area contributed by atoms with E-state index in [9.17, 15) is 5.11 Å². The van der Waals surface area contributed by atoms with Gasteiger partial charge in [-0.15, -0.1) is 0 Å². The van der Waals surface area contributed by atoms with Gasteiger partial charge in [0.05, 0.1) is 18.2 Å². The molecule has 8 heteroatoms. The lowest BCUT2D eigenvalue weighted by Gasteiger charge is -2.24. The molecule has 6 nitrogen and oxygen atoms in total. The third kappa shape index (κ3) is 6.28. The molecule has 0 amide bonds. The number of aliphatic hydroxyl groups is 1. The highest BCUT2D eigenvalue weighted by Crippen LogP contribution is 2.36. The molecule has 3 N–H and O–H groups in total. The van der Waals surface area contributed by atoms with Crippen LogP contribution in [0.25, 0.3) is 10.3 Å². The highest BCUT2D eigenvalue weighted by Gasteiger charge is 2.23. The molecule has 0 aliphatic carbocycles. The van der Waals surface area contributed by atoms with Gasteiger partial charge in [0, 0.05) is 5.75 Å². The van der Waals surface area contributed by atoms with E-state index in [-0.39, 0.29) is 12.6 Å². The van der Waals surface area contributed by atoms with Crippen molar-refractivity contribution in [2.75, 3.05) is 17.2 Å². The van der Waals surface area contributed by atoms with Crippen molar-refractivity contribution in [2.45, 2.75) is 36.3 Å². The van der Waals surface area contributed by atoms with Crippen LogP contribution < -0.4 is 10.6 Å². The average Bonchev–Trinajstić information content (AvgIpc) is 3.35. The molecule has 2 aromatic heterocycles. The number of nitrogens with one attached hydrogen (secondary N) is 2. The Morgan fingerprint density at radius 3 is 2.03 bits per heavy atom. The van der Waals surface area contributed by atoms with E-state index in [4.69, 9.17) is 15.0 Å². The fourth-order valence-corrected chi connectivity index (χ4v) is 5.54. The predicted octanol–water partition coefficient (Wildman–Crippen LogP) is 6.76. The van der Waals surface area contributed by atoms with Crippen LogP contribution in [0.1, 0.15) is 36.6 Å². The zero-order valence-electron chi connectivity index (χ0n) is 20.8. The van der Waals surface area contributed by atoms with Gasteiger partial charge >= 0.3 is 0 Å². The van der Waals surface area contributed by atoms with Gasteiger partial charge in [0.15, 0.2) is 21.8 Å². The van der Waals surface area contributed by atoms with Gasteiger partial charge < -0.3 is 15.7 Å². The zero-order chi connectivity index (χ0) is 25.7. The van der Waals surface area contributed by atoms with Crippen molar-refractivity contribution in [3.8, 4) is 0 Å². The van der Waals surface area contributed by atoms with E-state index in [1.165, 1.54) is 16.9 Å². The second kappa shape index (κ2) is 11.3. The Morgan fingerprint density at radius 2 is 1.43 bits per heavy atom. The summed E-state index contributed by atoms with van der Waals surface area (Å²) in [7, 11) is 0. The van der Waals surface area contributed by atoms with Crippen molar-refractivity contribution in [2.24, 2.45) is 0 Å². The van der Waals surface area contributed by atoms with Gasteiger partial charge in [0.1, 0.15) is 4.70 Å². The molecule has 0 bridgehead atoms. The first-order valence-electron chi connectivity index (χ1n) is 12.1. The molecule has 5 aromatic rings. The van der Waals surface area contributed by atoms with Crippen LogP contribution in [0.15, 0.2) is 96.2 Å². The molecule has 0 aliphatic heterocycles. The number of fused-ring (bicyclic) bond motifs is 1. The summed E-state index contributed by atoms with van der Waals surface area (Å²) in [6.45, 7) is 3.86. The molecule has 0 atom stereocenters. The van der Waals surface area contributed by atoms with E-state index in [1.54, 1.807) is 11.8 Å². The van der Waals surface area contributed by atoms with Crippen molar-refractivity contribution >= 4 is 44.4 Å². The summed E-state index contributed by atoms with van der Waals surface area (Å²) in [5.41, 5.74) is 3.59. The number of aromatic nitrogens is 3. The molecule has 0 fully saturated rings. The Balaban J connectivity index is 1.50. The number of nitrogens with zero attached hydrogens (tertiary/aromatic N) is 3. The second-order valence-corrected chi connectivity index (χ2v) is 11.3. The normalized spacial score (nSPS) is 11.7. The maximum atomic E-state index is 9.89. The molecule has 2 heterocycles. The van der Waals surface area contributed by atoms with E-state index in [0.29, 0.717) is 16.6 Å². The number of aliphatic hydroxyl groups excluding tert-OH is 1. The number of hydrogen-bond acceptors (Lipinski definition) is 8. The Bertz CT molecular complexity index is 1400. The minimum atomic E-state index is -0.545. The third-order valence-corrected chi connectivity index (χ3v) is 7.73. The molecule has 0 radical (unpaired) electrons. The largest absolute Gasteiger partial charge is 0.394 e. The molecule has 0 saturated heterocycles. The molecule has 3 aromatic carbocycles. The van der Waals surface area contributed by atoms with Crippen molar-refractivity contribution in [1.82, 2.24) is 15.0 Å². The number of benzene rings is 3. The third-order valence-electron chi connectivity index (χ3n) is 5.83. The molecule has 188 valence electrons. The number of thiazole rings is 1. The van der Waals surface area contributed by atoms with Crippen LogP contribution >= 0.6 is 23.1 Å². The van der Waals surface area contributed by atoms with Gasteiger partial charge in [-0.25, -0.2) is 9.97 Å². The highest BCUT2D eigenvalue weighted by molar-refractivity contribution is 7.98. The van der Waals surface area contributed by atoms with E-state index in [2.05, 4.69) is 47.0 Å². The van der Waals surface area contributed by atoms with Crippen LogP contribution in [-0.2, 0) is 5.75 Å². The van der Waals surface area contributed by atoms with Crippen LogP contribution in [0.2, 0.25) is 0 Å². The van der Waals surface area contributed by atoms with Crippen LogP contribution in [0.4, 0.5) is 10.9 Å². The molecule has 0 spiro atoms. The van der Waals surface area contributed by atoms with Crippen LogP contribution in [-0.4, -0.2) is 32.2 Å². The summed E-state index contributed by atoms with van der Waals surface area (Å²) in [5.74, 6) is 1.44. The molecule has 0 aliphatic rings. The first kappa shape index (κ1) is 25.2. The minimum Gasteiger partial charge on any atom is -0.394 e. The maximum absolute atomic E-state index is 9.89. The van der Waals surface area contributed by atoms with E-state index in [1.807, 2.05) is 68.4 Å². The first-order valence-corrected chi connectivity index (χ1v) is 13.9. The number of rotatable bonds is 10. The first-order chi connectivity index (χ1) is 18.0. The van der Waals surface area contributed by atoms with Crippen molar-refractivity contribution in [3.63, 3.8) is 0 Å². The lowest BCUT2D eigenvalue weighted by atomic mass is 9.99. The summed E-state index contributed by atoms with van der Waals surface area (Å²) >= 11 is 3.09. The van der Waals surface area contributed by atoms with E-state index in [0.717, 1.165) is 26.7 Å². The Hall–Kier alpha value is -3.46. The molecule has 37 heavy (non-hydrogen) atoms. The van der Waals surface area contributed by atoms with Crippen molar-refractivity contribution < 1.29 is 5.11 Å². The monoisotopic (exact) mass is 527 g/mol. The van der Waals surface area contributed by atoms with E-state index >= 15 is 0 Å². The number of thioether (sulfide) groups is 1. The summed E-state index contributed by atoms with van der Waals surface area (Å²) in [5, 5.41) is 18.3. The molecular weight excluding hydrogens is 498 g/mol. The Morgan fingerprint density at radius 1 is 0.838 bits per heavy atom. The van der Waals surface area contributed by atoms with Gasteiger partial charge in [-0.2, -0.15) is 4.98 Å². The topological polar surface area (TPSA) is 83.0 Å². The van der Waals surface area contributed by atoms with Gasteiger partial charge in [-0.3, -0.25) is 0 Å². The van der Waals surface area contributed by atoms with Crippen molar-refractivity contribution in [1.29, 1.82) is 0 Å². The summed E-state index contributed by atoms with van der Waals surface area (Å²) < 4.78 is 0.855. The quantitative estimate of drug-likeness (QED) is 0.137. The predicted molar refractivity (Wildman–Crippen MR) is 154 cm³/mol. The second-order valence-electron chi connectivity index (χ2n) is 9.37. The molecule has 0 unspecified atom stereocenters.